The third-order valence-corrected chi connectivity index (χ3v) is 4.01. The van der Waals surface area contributed by atoms with E-state index >= 15 is 0 Å². The van der Waals surface area contributed by atoms with Gasteiger partial charge >= 0.3 is 5.97 Å². The van der Waals surface area contributed by atoms with Crippen molar-refractivity contribution in [2.24, 2.45) is 5.92 Å². The van der Waals surface area contributed by atoms with Crippen LogP contribution in [0.15, 0.2) is 30.3 Å². The molecule has 0 bridgehead atoms. The zero-order chi connectivity index (χ0) is 15.9. The quantitative estimate of drug-likeness (QED) is 0.632. The summed E-state index contributed by atoms with van der Waals surface area (Å²) in [6.45, 7) is 3.25. The number of amides is 1. The predicted molar refractivity (Wildman–Crippen MR) is 86.4 cm³/mol. The Bertz CT molecular complexity index is 571. The number of carbonyl (C=O) groups excluding carboxylic acids is 2. The fraction of sp³-hybridized carbons (Fsp3) is 0.412. The standard InChI is InChI=1S/C17H20ClNO3/c1-2-22-17(21)14-7-5-11-19(12-14)16(20)10-9-13-6-3-4-8-15(13)18/h3-4,6,8-10,14H,2,5,7,11-12H2,1H3/b10-9+/t14-/m0/s1. The number of esters is 1. The first kappa shape index (κ1) is 16.6. The van der Waals surface area contributed by atoms with Crippen molar-refractivity contribution in [2.75, 3.05) is 19.7 Å². The van der Waals surface area contributed by atoms with Gasteiger partial charge in [-0.3, -0.25) is 9.59 Å². The van der Waals surface area contributed by atoms with Crippen molar-refractivity contribution in [3.8, 4) is 0 Å². The Kier molecular flexibility index (Phi) is 6.01. The summed E-state index contributed by atoms with van der Waals surface area (Å²) < 4.78 is 5.04. The number of rotatable bonds is 4. The zero-order valence-corrected chi connectivity index (χ0v) is 13.4. The molecule has 5 heteroatoms. The lowest BCUT2D eigenvalue weighted by molar-refractivity contribution is -0.150. The van der Waals surface area contributed by atoms with Crippen molar-refractivity contribution in [1.82, 2.24) is 4.90 Å². The Morgan fingerprint density at radius 1 is 1.41 bits per heavy atom. The van der Waals surface area contributed by atoms with Crippen LogP contribution in [0.25, 0.3) is 6.08 Å². The molecule has 0 aliphatic carbocycles. The average Bonchev–Trinajstić information content (AvgIpc) is 2.54. The second kappa shape index (κ2) is 7.99. The molecule has 1 heterocycles. The maximum Gasteiger partial charge on any atom is 0.310 e. The van der Waals surface area contributed by atoms with Crippen LogP contribution in [0.2, 0.25) is 5.02 Å². The molecule has 1 amide bonds. The highest BCUT2D eigenvalue weighted by Gasteiger charge is 2.28. The molecule has 0 spiro atoms. The van der Waals surface area contributed by atoms with E-state index < -0.39 is 0 Å². The molecule has 118 valence electrons. The van der Waals surface area contributed by atoms with Gasteiger partial charge in [0.1, 0.15) is 0 Å². The van der Waals surface area contributed by atoms with Crippen molar-refractivity contribution in [2.45, 2.75) is 19.8 Å². The molecular weight excluding hydrogens is 302 g/mol. The summed E-state index contributed by atoms with van der Waals surface area (Å²) in [5.74, 6) is -0.532. The van der Waals surface area contributed by atoms with E-state index in [4.69, 9.17) is 16.3 Å². The molecule has 1 aliphatic rings. The molecule has 2 rings (SSSR count). The minimum atomic E-state index is -0.216. The topological polar surface area (TPSA) is 46.6 Å². The molecule has 1 saturated heterocycles. The van der Waals surface area contributed by atoms with Crippen LogP contribution >= 0.6 is 11.6 Å². The number of hydrogen-bond donors (Lipinski definition) is 0. The van der Waals surface area contributed by atoms with Crippen molar-refractivity contribution >= 4 is 29.6 Å². The van der Waals surface area contributed by atoms with Gasteiger partial charge in [-0.1, -0.05) is 29.8 Å². The largest absolute Gasteiger partial charge is 0.466 e. The molecule has 4 nitrogen and oxygen atoms in total. The van der Waals surface area contributed by atoms with E-state index in [-0.39, 0.29) is 17.8 Å². The van der Waals surface area contributed by atoms with Gasteiger partial charge in [-0.15, -0.1) is 0 Å². The number of benzene rings is 1. The van der Waals surface area contributed by atoms with Crippen LogP contribution in [0.5, 0.6) is 0 Å². The molecule has 0 unspecified atom stereocenters. The Morgan fingerprint density at radius 3 is 2.91 bits per heavy atom. The fourth-order valence-electron chi connectivity index (χ4n) is 2.51. The Labute approximate surface area is 135 Å². The van der Waals surface area contributed by atoms with Gasteiger partial charge in [0, 0.05) is 24.2 Å². The highest BCUT2D eigenvalue weighted by atomic mass is 35.5. The normalized spacial score (nSPS) is 18.5. The summed E-state index contributed by atoms with van der Waals surface area (Å²) in [6.07, 6.45) is 4.80. The van der Waals surface area contributed by atoms with E-state index in [0.717, 1.165) is 18.4 Å². The molecule has 1 atom stereocenters. The second-order valence-electron chi connectivity index (χ2n) is 5.23. The second-order valence-corrected chi connectivity index (χ2v) is 5.64. The summed E-state index contributed by atoms with van der Waals surface area (Å²) in [7, 11) is 0. The van der Waals surface area contributed by atoms with Gasteiger partial charge in [-0.2, -0.15) is 0 Å². The minimum absolute atomic E-state index is 0.103. The summed E-state index contributed by atoms with van der Waals surface area (Å²) in [5.41, 5.74) is 0.802. The number of nitrogens with zero attached hydrogens (tertiary/aromatic N) is 1. The van der Waals surface area contributed by atoms with Gasteiger partial charge in [0.2, 0.25) is 5.91 Å². The molecular formula is C17H20ClNO3. The average molecular weight is 322 g/mol. The van der Waals surface area contributed by atoms with Gasteiger partial charge in [-0.05, 0) is 37.5 Å². The van der Waals surface area contributed by atoms with E-state index in [2.05, 4.69) is 0 Å². The molecule has 1 aromatic rings. The first-order valence-corrected chi connectivity index (χ1v) is 7.87. The number of hydrogen-bond acceptors (Lipinski definition) is 3. The molecule has 0 N–H and O–H groups in total. The van der Waals surface area contributed by atoms with Crippen molar-refractivity contribution in [3.05, 3.63) is 40.9 Å². The third-order valence-electron chi connectivity index (χ3n) is 3.66. The van der Waals surface area contributed by atoms with Crippen LogP contribution in [0, 0.1) is 5.92 Å². The van der Waals surface area contributed by atoms with Crippen molar-refractivity contribution < 1.29 is 14.3 Å². The van der Waals surface area contributed by atoms with Gasteiger partial charge in [-0.25, -0.2) is 0 Å². The van der Waals surface area contributed by atoms with E-state index in [0.29, 0.717) is 24.7 Å². The van der Waals surface area contributed by atoms with Crippen LogP contribution in [0.3, 0.4) is 0 Å². The summed E-state index contributed by atoms with van der Waals surface area (Å²) in [4.78, 5) is 25.7. The minimum Gasteiger partial charge on any atom is -0.466 e. The molecule has 0 radical (unpaired) electrons. The van der Waals surface area contributed by atoms with Crippen LogP contribution < -0.4 is 0 Å². The first-order chi connectivity index (χ1) is 10.6. The Hall–Kier alpha value is -1.81. The smallest absolute Gasteiger partial charge is 0.310 e. The summed E-state index contributed by atoms with van der Waals surface area (Å²) in [5, 5.41) is 0.606. The molecule has 1 aliphatic heterocycles. The monoisotopic (exact) mass is 321 g/mol. The van der Waals surface area contributed by atoms with Gasteiger partial charge < -0.3 is 9.64 Å². The maximum atomic E-state index is 12.3. The van der Waals surface area contributed by atoms with Gasteiger partial charge in [0.25, 0.3) is 0 Å². The van der Waals surface area contributed by atoms with E-state index in [1.54, 1.807) is 24.0 Å². The summed E-state index contributed by atoms with van der Waals surface area (Å²) >= 11 is 6.06. The number of halogens is 1. The Balaban J connectivity index is 1.97. The third kappa shape index (κ3) is 4.34. The van der Waals surface area contributed by atoms with E-state index in [1.807, 2.05) is 18.2 Å². The van der Waals surface area contributed by atoms with E-state index in [1.165, 1.54) is 6.08 Å². The van der Waals surface area contributed by atoms with Crippen LogP contribution in [0.1, 0.15) is 25.3 Å². The lowest BCUT2D eigenvalue weighted by atomic mass is 9.98. The highest BCUT2D eigenvalue weighted by Crippen LogP contribution is 2.19. The van der Waals surface area contributed by atoms with Crippen molar-refractivity contribution in [3.63, 3.8) is 0 Å². The van der Waals surface area contributed by atoms with E-state index in [9.17, 15) is 9.59 Å². The molecule has 0 saturated carbocycles. The van der Waals surface area contributed by atoms with Crippen LogP contribution in [-0.4, -0.2) is 36.5 Å². The van der Waals surface area contributed by atoms with Gasteiger partial charge in [0.05, 0.1) is 12.5 Å². The SMILES string of the molecule is CCOC(=O)[C@H]1CCCN(C(=O)/C=C/c2ccccc2Cl)C1. The number of carbonyl (C=O) groups is 2. The predicted octanol–water partition coefficient (Wildman–Crippen LogP) is 3.15. The molecule has 0 aromatic heterocycles. The fourth-order valence-corrected chi connectivity index (χ4v) is 2.71. The van der Waals surface area contributed by atoms with Crippen molar-refractivity contribution in [1.29, 1.82) is 0 Å². The maximum absolute atomic E-state index is 12.3. The molecule has 22 heavy (non-hydrogen) atoms. The number of likely N-dealkylation sites (tertiary alicyclic amines) is 1. The Morgan fingerprint density at radius 2 is 2.18 bits per heavy atom. The molecule has 1 fully saturated rings. The molecule has 1 aromatic carbocycles. The summed E-state index contributed by atoms with van der Waals surface area (Å²) in [6, 6.07) is 7.34. The number of ether oxygens (including phenoxy) is 1. The highest BCUT2D eigenvalue weighted by molar-refractivity contribution is 6.32. The van der Waals surface area contributed by atoms with Crippen LogP contribution in [0.4, 0.5) is 0 Å². The number of piperidine rings is 1. The lowest BCUT2D eigenvalue weighted by Crippen LogP contribution is -2.42. The zero-order valence-electron chi connectivity index (χ0n) is 12.6. The van der Waals surface area contributed by atoms with Gasteiger partial charge in [0.15, 0.2) is 0 Å². The first-order valence-electron chi connectivity index (χ1n) is 7.50. The van der Waals surface area contributed by atoms with Crippen LogP contribution in [-0.2, 0) is 14.3 Å². The lowest BCUT2D eigenvalue weighted by Gasteiger charge is -2.30.